The lowest BCUT2D eigenvalue weighted by Crippen LogP contribution is -1.82. The van der Waals surface area contributed by atoms with E-state index in [9.17, 15) is 10.2 Å². The van der Waals surface area contributed by atoms with Crippen LogP contribution in [-0.4, -0.2) is 15.3 Å². The first-order chi connectivity index (χ1) is 10.7. The predicted molar refractivity (Wildman–Crippen MR) is 82.8 cm³/mol. The van der Waals surface area contributed by atoms with Crippen LogP contribution in [0.1, 0.15) is 17.7 Å². The third kappa shape index (κ3) is 2.57. The van der Waals surface area contributed by atoms with Crippen molar-refractivity contribution < 1.29 is 19.7 Å². The summed E-state index contributed by atoms with van der Waals surface area (Å²) in [4.78, 5) is 0. The number of furan rings is 1. The molecule has 0 saturated heterocycles. The van der Waals surface area contributed by atoms with Crippen molar-refractivity contribution in [1.82, 2.24) is 0 Å². The normalized spacial score (nSPS) is 10.4. The van der Waals surface area contributed by atoms with Crippen LogP contribution in [-0.2, 0) is 6.42 Å². The molecule has 1 heterocycles. The number of aryl methyl sites for hydroxylation is 1. The summed E-state index contributed by atoms with van der Waals surface area (Å²) in [5.41, 5.74) is 0.937. The fourth-order valence-electron chi connectivity index (χ4n) is 2.28. The Labute approximate surface area is 127 Å². The van der Waals surface area contributed by atoms with Crippen LogP contribution in [0.5, 0.6) is 17.4 Å². The van der Waals surface area contributed by atoms with Crippen molar-refractivity contribution in [1.29, 1.82) is 0 Å². The van der Waals surface area contributed by atoms with E-state index in [2.05, 4.69) is 11.8 Å². The van der Waals surface area contributed by atoms with E-state index in [4.69, 9.17) is 9.52 Å². The minimum Gasteiger partial charge on any atom is -0.502 e. The number of benzene rings is 2. The Kier molecular flexibility index (Phi) is 3.63. The summed E-state index contributed by atoms with van der Waals surface area (Å²) in [5, 5.41) is 30.2. The van der Waals surface area contributed by atoms with Gasteiger partial charge in [0.15, 0.2) is 5.76 Å². The minimum atomic E-state index is -0.672. The van der Waals surface area contributed by atoms with Gasteiger partial charge in [0.1, 0.15) is 0 Å². The van der Waals surface area contributed by atoms with Crippen molar-refractivity contribution in [3.8, 4) is 29.3 Å². The standard InChI is InChI=1S/C18H14O4/c19-16-15(22-18(21)17(16)20)11-4-2-7-13-9-5-8-12-6-1-3-10-14(12)13/h1,3,5-6,8-10,19-21H,4,11H2. The molecule has 3 rings (SSSR count). The number of fused-ring (bicyclic) bond motifs is 1. The smallest absolute Gasteiger partial charge is 0.330 e. The molecular formula is C18H14O4. The molecule has 0 saturated carbocycles. The Bertz CT molecular complexity index is 876. The first kappa shape index (κ1) is 13.9. The zero-order valence-corrected chi connectivity index (χ0v) is 11.7. The maximum Gasteiger partial charge on any atom is 0.330 e. The Hall–Kier alpha value is -3.06. The van der Waals surface area contributed by atoms with Crippen LogP contribution in [0.3, 0.4) is 0 Å². The Balaban J connectivity index is 1.77. The zero-order chi connectivity index (χ0) is 15.5. The second-order valence-corrected chi connectivity index (χ2v) is 4.86. The van der Waals surface area contributed by atoms with Gasteiger partial charge in [-0.05, 0) is 16.8 Å². The fourth-order valence-corrected chi connectivity index (χ4v) is 2.28. The van der Waals surface area contributed by atoms with E-state index in [1.807, 2.05) is 42.5 Å². The van der Waals surface area contributed by atoms with Crippen LogP contribution in [0.25, 0.3) is 10.8 Å². The van der Waals surface area contributed by atoms with Gasteiger partial charge in [0.25, 0.3) is 0 Å². The van der Waals surface area contributed by atoms with E-state index in [-0.39, 0.29) is 5.76 Å². The Morgan fingerprint density at radius 1 is 0.909 bits per heavy atom. The van der Waals surface area contributed by atoms with Gasteiger partial charge < -0.3 is 19.7 Å². The van der Waals surface area contributed by atoms with Crippen molar-refractivity contribution in [2.24, 2.45) is 0 Å². The predicted octanol–water partition coefficient (Wildman–Crippen LogP) is 3.53. The van der Waals surface area contributed by atoms with Gasteiger partial charge in [-0.15, -0.1) is 0 Å². The van der Waals surface area contributed by atoms with Gasteiger partial charge in [-0.25, -0.2) is 0 Å². The molecule has 0 atom stereocenters. The highest BCUT2D eigenvalue weighted by molar-refractivity contribution is 5.88. The Morgan fingerprint density at radius 2 is 1.68 bits per heavy atom. The average molecular weight is 294 g/mol. The van der Waals surface area contributed by atoms with Crippen LogP contribution >= 0.6 is 0 Å². The van der Waals surface area contributed by atoms with Gasteiger partial charge in [0.2, 0.25) is 11.5 Å². The van der Waals surface area contributed by atoms with Gasteiger partial charge in [0.05, 0.1) is 0 Å². The molecule has 0 aliphatic rings. The first-order valence-electron chi connectivity index (χ1n) is 6.86. The molecule has 1 aromatic heterocycles. The summed E-state index contributed by atoms with van der Waals surface area (Å²) in [7, 11) is 0. The van der Waals surface area contributed by atoms with E-state index in [0.29, 0.717) is 12.8 Å². The fraction of sp³-hybridized carbons (Fsp3) is 0.111. The third-order valence-corrected chi connectivity index (χ3v) is 3.40. The molecule has 0 radical (unpaired) electrons. The van der Waals surface area contributed by atoms with E-state index in [0.717, 1.165) is 16.3 Å². The first-order valence-corrected chi connectivity index (χ1v) is 6.86. The summed E-state index contributed by atoms with van der Waals surface area (Å²) >= 11 is 0. The molecule has 110 valence electrons. The highest BCUT2D eigenvalue weighted by atomic mass is 16.5. The van der Waals surface area contributed by atoms with Crippen LogP contribution < -0.4 is 0 Å². The molecule has 0 unspecified atom stereocenters. The number of hydrogen-bond acceptors (Lipinski definition) is 4. The van der Waals surface area contributed by atoms with E-state index >= 15 is 0 Å². The van der Waals surface area contributed by atoms with E-state index in [1.54, 1.807) is 0 Å². The van der Waals surface area contributed by atoms with Crippen molar-refractivity contribution in [3.05, 3.63) is 53.8 Å². The molecule has 0 fully saturated rings. The molecule has 4 heteroatoms. The topological polar surface area (TPSA) is 73.8 Å². The third-order valence-electron chi connectivity index (χ3n) is 3.40. The lowest BCUT2D eigenvalue weighted by molar-refractivity contribution is 0.297. The van der Waals surface area contributed by atoms with Gasteiger partial charge in [-0.2, -0.15) is 0 Å². The average Bonchev–Trinajstić information content (AvgIpc) is 2.79. The summed E-state index contributed by atoms with van der Waals surface area (Å²) in [6, 6.07) is 14.0. The van der Waals surface area contributed by atoms with E-state index in [1.165, 1.54) is 0 Å². The minimum absolute atomic E-state index is 0.127. The molecule has 4 nitrogen and oxygen atoms in total. The van der Waals surface area contributed by atoms with Crippen LogP contribution in [0.4, 0.5) is 0 Å². The van der Waals surface area contributed by atoms with Crippen molar-refractivity contribution in [2.75, 3.05) is 0 Å². The van der Waals surface area contributed by atoms with Gasteiger partial charge in [0, 0.05) is 18.4 Å². The van der Waals surface area contributed by atoms with Crippen molar-refractivity contribution in [2.45, 2.75) is 12.8 Å². The van der Waals surface area contributed by atoms with Gasteiger partial charge in [-0.1, -0.05) is 48.2 Å². The molecule has 3 aromatic rings. The Morgan fingerprint density at radius 3 is 2.45 bits per heavy atom. The SMILES string of the molecule is Oc1oc(CCC#Cc2cccc3ccccc23)c(O)c1O. The molecule has 0 spiro atoms. The summed E-state index contributed by atoms with van der Waals surface area (Å²) in [6.07, 6.45) is 0.737. The summed E-state index contributed by atoms with van der Waals surface area (Å²) < 4.78 is 4.86. The second kappa shape index (κ2) is 5.74. The lowest BCUT2D eigenvalue weighted by Gasteiger charge is -1.99. The van der Waals surface area contributed by atoms with Crippen LogP contribution in [0.2, 0.25) is 0 Å². The maximum atomic E-state index is 9.52. The van der Waals surface area contributed by atoms with Crippen LogP contribution in [0, 0.1) is 11.8 Å². The molecule has 22 heavy (non-hydrogen) atoms. The van der Waals surface area contributed by atoms with Gasteiger partial charge in [-0.3, -0.25) is 0 Å². The zero-order valence-electron chi connectivity index (χ0n) is 11.7. The molecule has 2 aromatic carbocycles. The molecular weight excluding hydrogens is 280 g/mol. The maximum absolute atomic E-state index is 9.52. The lowest BCUT2D eigenvalue weighted by atomic mass is 10.0. The highest BCUT2D eigenvalue weighted by Gasteiger charge is 2.17. The second-order valence-electron chi connectivity index (χ2n) is 4.86. The number of rotatable bonds is 2. The monoisotopic (exact) mass is 294 g/mol. The van der Waals surface area contributed by atoms with E-state index < -0.39 is 17.4 Å². The molecule has 3 N–H and O–H groups in total. The number of aromatic hydroxyl groups is 3. The largest absolute Gasteiger partial charge is 0.502 e. The molecule has 0 aliphatic carbocycles. The molecule has 0 bridgehead atoms. The van der Waals surface area contributed by atoms with Gasteiger partial charge >= 0.3 is 5.95 Å². The quantitative estimate of drug-likeness (QED) is 0.632. The highest BCUT2D eigenvalue weighted by Crippen LogP contribution is 2.40. The van der Waals surface area contributed by atoms with Crippen molar-refractivity contribution >= 4 is 10.8 Å². The van der Waals surface area contributed by atoms with Crippen LogP contribution in [0.15, 0.2) is 46.9 Å². The molecule has 0 amide bonds. The molecule has 0 aliphatic heterocycles. The van der Waals surface area contributed by atoms with Crippen molar-refractivity contribution in [3.63, 3.8) is 0 Å². The summed E-state index contributed by atoms with van der Waals surface area (Å²) in [6.45, 7) is 0. The number of hydrogen-bond donors (Lipinski definition) is 3. The summed E-state index contributed by atoms with van der Waals surface area (Å²) in [5.74, 6) is 4.52.